The van der Waals surface area contributed by atoms with E-state index < -0.39 is 8.32 Å². The third kappa shape index (κ3) is 5.91. The first-order valence-electron chi connectivity index (χ1n) is 8.54. The molecule has 0 bridgehead atoms. The van der Waals surface area contributed by atoms with Crippen molar-refractivity contribution in [1.29, 1.82) is 0 Å². The van der Waals surface area contributed by atoms with E-state index in [1.165, 1.54) is 12.7 Å². The van der Waals surface area contributed by atoms with Gasteiger partial charge < -0.3 is 9.16 Å². The van der Waals surface area contributed by atoms with Crippen molar-refractivity contribution in [3.05, 3.63) is 48.0 Å². The zero-order valence-electron chi connectivity index (χ0n) is 16.1. The SMILES string of the molecule is COC(=O)[C@H](C)[C@H](/C=C/Cc1ccccc1)O[Si](C)(C)C(C)(C)C. The normalized spacial score (nSPS) is 15.3. The van der Waals surface area contributed by atoms with Crippen LogP contribution >= 0.6 is 0 Å². The first-order chi connectivity index (χ1) is 11.1. The quantitative estimate of drug-likeness (QED) is 0.396. The number of ether oxygens (including phenoxy) is 1. The molecule has 3 nitrogen and oxygen atoms in total. The van der Waals surface area contributed by atoms with Crippen LogP contribution in [-0.2, 0) is 20.4 Å². The van der Waals surface area contributed by atoms with Gasteiger partial charge in [0.15, 0.2) is 8.32 Å². The molecule has 0 saturated heterocycles. The Kier molecular flexibility index (Phi) is 7.43. The summed E-state index contributed by atoms with van der Waals surface area (Å²) < 4.78 is 11.4. The van der Waals surface area contributed by atoms with Crippen LogP contribution in [0.1, 0.15) is 33.3 Å². The molecule has 1 aromatic rings. The fraction of sp³-hybridized carbons (Fsp3) is 0.550. The number of carbonyl (C=O) groups excluding carboxylic acids is 1. The maximum absolute atomic E-state index is 12.0. The van der Waals surface area contributed by atoms with E-state index >= 15 is 0 Å². The molecule has 24 heavy (non-hydrogen) atoms. The predicted octanol–water partition coefficient (Wildman–Crippen LogP) is 4.98. The summed E-state index contributed by atoms with van der Waals surface area (Å²) in [5.74, 6) is -0.556. The Bertz CT molecular complexity index is 544. The minimum absolute atomic E-state index is 0.0916. The van der Waals surface area contributed by atoms with Gasteiger partial charge in [0.1, 0.15) is 0 Å². The van der Waals surface area contributed by atoms with Crippen LogP contribution in [0.4, 0.5) is 0 Å². The Morgan fingerprint density at radius 2 is 1.79 bits per heavy atom. The van der Waals surface area contributed by atoms with E-state index in [1.54, 1.807) is 0 Å². The smallest absolute Gasteiger partial charge is 0.311 e. The summed E-state index contributed by atoms with van der Waals surface area (Å²) in [4.78, 5) is 12.0. The highest BCUT2D eigenvalue weighted by atomic mass is 28.4. The number of esters is 1. The Balaban J connectivity index is 2.91. The molecule has 0 aliphatic carbocycles. The van der Waals surface area contributed by atoms with Crippen molar-refractivity contribution >= 4 is 14.3 Å². The van der Waals surface area contributed by atoms with Crippen LogP contribution in [0.15, 0.2) is 42.5 Å². The summed E-state index contributed by atoms with van der Waals surface area (Å²) >= 11 is 0. The lowest BCUT2D eigenvalue weighted by Crippen LogP contribution is -2.46. The molecule has 0 aliphatic rings. The van der Waals surface area contributed by atoms with Gasteiger partial charge in [-0.1, -0.05) is 63.3 Å². The first-order valence-corrected chi connectivity index (χ1v) is 11.5. The third-order valence-corrected chi connectivity index (χ3v) is 9.30. The number of benzene rings is 1. The van der Waals surface area contributed by atoms with Crippen LogP contribution < -0.4 is 0 Å². The van der Waals surface area contributed by atoms with Crippen LogP contribution in [0.25, 0.3) is 0 Å². The van der Waals surface area contributed by atoms with E-state index in [0.717, 1.165) is 6.42 Å². The molecule has 0 saturated carbocycles. The summed E-state index contributed by atoms with van der Waals surface area (Å²) in [6, 6.07) is 10.3. The fourth-order valence-electron chi connectivity index (χ4n) is 2.10. The van der Waals surface area contributed by atoms with Crippen LogP contribution in [0.2, 0.25) is 18.1 Å². The van der Waals surface area contributed by atoms with Crippen molar-refractivity contribution in [2.75, 3.05) is 7.11 Å². The molecule has 0 aromatic heterocycles. The second-order valence-electron chi connectivity index (χ2n) is 7.77. The predicted molar refractivity (Wildman–Crippen MR) is 103 cm³/mol. The minimum Gasteiger partial charge on any atom is -0.469 e. The van der Waals surface area contributed by atoms with Gasteiger partial charge in [-0.2, -0.15) is 0 Å². The molecule has 0 spiro atoms. The van der Waals surface area contributed by atoms with E-state index in [2.05, 4.69) is 52.1 Å². The van der Waals surface area contributed by atoms with Crippen molar-refractivity contribution < 1.29 is 14.0 Å². The lowest BCUT2D eigenvalue weighted by molar-refractivity contribution is -0.147. The fourth-order valence-corrected chi connectivity index (χ4v) is 3.41. The highest BCUT2D eigenvalue weighted by molar-refractivity contribution is 6.74. The summed E-state index contributed by atoms with van der Waals surface area (Å²) in [6.07, 6.45) is 4.68. The Hall–Kier alpha value is -1.39. The molecule has 0 radical (unpaired) electrons. The van der Waals surface area contributed by atoms with Gasteiger partial charge in [-0.3, -0.25) is 4.79 Å². The molecular formula is C20H32O3Si. The van der Waals surface area contributed by atoms with Crippen molar-refractivity contribution in [2.24, 2.45) is 5.92 Å². The number of rotatable bonds is 7. The molecule has 1 aromatic carbocycles. The van der Waals surface area contributed by atoms with E-state index in [9.17, 15) is 4.79 Å². The largest absolute Gasteiger partial charge is 0.469 e. The van der Waals surface area contributed by atoms with Crippen molar-refractivity contribution in [3.8, 4) is 0 Å². The van der Waals surface area contributed by atoms with Gasteiger partial charge in [0.25, 0.3) is 0 Å². The molecule has 2 atom stereocenters. The first kappa shape index (κ1) is 20.7. The summed E-state index contributed by atoms with van der Waals surface area (Å²) in [7, 11) is -0.551. The molecular weight excluding hydrogens is 316 g/mol. The van der Waals surface area contributed by atoms with Gasteiger partial charge >= 0.3 is 5.97 Å². The van der Waals surface area contributed by atoms with Crippen LogP contribution in [0.3, 0.4) is 0 Å². The molecule has 0 fully saturated rings. The number of allylic oxidation sites excluding steroid dienone is 1. The number of methoxy groups -OCH3 is 1. The van der Waals surface area contributed by atoms with Crippen LogP contribution in [-0.4, -0.2) is 27.5 Å². The summed E-state index contributed by atoms with van der Waals surface area (Å²) in [5.41, 5.74) is 1.24. The molecule has 0 amide bonds. The topological polar surface area (TPSA) is 35.5 Å². The van der Waals surface area contributed by atoms with E-state index in [0.29, 0.717) is 0 Å². The molecule has 0 unspecified atom stereocenters. The molecule has 1 rings (SSSR count). The molecule has 0 heterocycles. The number of carbonyl (C=O) groups is 1. The zero-order chi connectivity index (χ0) is 18.4. The maximum Gasteiger partial charge on any atom is 0.311 e. The van der Waals surface area contributed by atoms with Crippen molar-refractivity contribution in [2.45, 2.75) is 58.4 Å². The van der Waals surface area contributed by atoms with Gasteiger partial charge in [-0.05, 0) is 37.0 Å². The van der Waals surface area contributed by atoms with Gasteiger partial charge in [0.05, 0.1) is 19.1 Å². The van der Waals surface area contributed by atoms with Gasteiger partial charge in [-0.25, -0.2) is 0 Å². The van der Waals surface area contributed by atoms with Crippen LogP contribution in [0, 0.1) is 5.92 Å². The number of hydrogen-bond acceptors (Lipinski definition) is 3. The van der Waals surface area contributed by atoms with E-state index in [-0.39, 0.29) is 23.0 Å². The summed E-state index contributed by atoms with van der Waals surface area (Å²) in [6.45, 7) is 12.9. The molecule has 134 valence electrons. The Labute approximate surface area is 148 Å². The second-order valence-corrected chi connectivity index (χ2v) is 12.5. The van der Waals surface area contributed by atoms with Gasteiger partial charge in [0, 0.05) is 0 Å². The lowest BCUT2D eigenvalue weighted by atomic mass is 10.0. The second kappa shape index (κ2) is 8.63. The standard InChI is InChI=1S/C20H32O3Si/c1-16(19(21)22-5)18(23-24(6,7)20(2,3)4)15-11-14-17-12-9-8-10-13-17/h8-13,15-16,18H,14H2,1-7H3/b15-11+/t16-,18+/m1/s1. The average molecular weight is 349 g/mol. The van der Waals surface area contributed by atoms with Crippen molar-refractivity contribution in [1.82, 2.24) is 0 Å². The molecule has 0 N–H and O–H groups in total. The van der Waals surface area contributed by atoms with Crippen LogP contribution in [0.5, 0.6) is 0 Å². The zero-order valence-corrected chi connectivity index (χ0v) is 17.1. The Morgan fingerprint density at radius 3 is 2.29 bits per heavy atom. The lowest BCUT2D eigenvalue weighted by Gasteiger charge is -2.39. The van der Waals surface area contributed by atoms with Crippen molar-refractivity contribution in [3.63, 3.8) is 0 Å². The maximum atomic E-state index is 12.0. The summed E-state index contributed by atoms with van der Waals surface area (Å²) in [5, 5.41) is 0.0916. The minimum atomic E-state index is -1.98. The monoisotopic (exact) mass is 348 g/mol. The van der Waals surface area contributed by atoms with E-state index in [4.69, 9.17) is 9.16 Å². The number of hydrogen-bond donors (Lipinski definition) is 0. The highest BCUT2D eigenvalue weighted by Crippen LogP contribution is 2.38. The van der Waals surface area contributed by atoms with E-state index in [1.807, 2.05) is 31.2 Å². The third-order valence-electron chi connectivity index (χ3n) is 4.82. The molecule has 4 heteroatoms. The highest BCUT2D eigenvalue weighted by Gasteiger charge is 2.40. The van der Waals surface area contributed by atoms with Gasteiger partial charge in [0.2, 0.25) is 0 Å². The molecule has 0 aliphatic heterocycles. The Morgan fingerprint density at radius 1 is 1.21 bits per heavy atom. The average Bonchev–Trinajstić information content (AvgIpc) is 2.52. The van der Waals surface area contributed by atoms with Gasteiger partial charge in [-0.15, -0.1) is 0 Å².